The maximum absolute atomic E-state index is 14.3. The fourth-order valence-electron chi connectivity index (χ4n) is 5.50. The highest BCUT2D eigenvalue weighted by Crippen LogP contribution is 2.34. The molecule has 46 heavy (non-hydrogen) atoms. The Morgan fingerprint density at radius 3 is 2.24 bits per heavy atom. The molecular formula is C33H36Cl2F3N3O4S. The van der Waals surface area contributed by atoms with Gasteiger partial charge in [0, 0.05) is 12.6 Å². The summed E-state index contributed by atoms with van der Waals surface area (Å²) >= 11 is 12.3. The number of benzene rings is 3. The molecule has 3 aromatic rings. The third-order valence-electron chi connectivity index (χ3n) is 8.02. The van der Waals surface area contributed by atoms with E-state index in [-0.39, 0.29) is 39.6 Å². The zero-order chi connectivity index (χ0) is 33.6. The van der Waals surface area contributed by atoms with Crippen LogP contribution in [0.15, 0.2) is 71.6 Å². The molecule has 0 spiro atoms. The van der Waals surface area contributed by atoms with Crippen molar-refractivity contribution in [1.29, 1.82) is 0 Å². The summed E-state index contributed by atoms with van der Waals surface area (Å²) < 4.78 is 69.8. The number of amides is 2. The van der Waals surface area contributed by atoms with Crippen molar-refractivity contribution in [1.82, 2.24) is 10.2 Å². The Bertz CT molecular complexity index is 1650. The second kappa shape index (κ2) is 15.1. The van der Waals surface area contributed by atoms with E-state index in [0.717, 1.165) is 49.8 Å². The highest BCUT2D eigenvalue weighted by atomic mass is 35.5. The van der Waals surface area contributed by atoms with Crippen LogP contribution in [-0.4, -0.2) is 43.8 Å². The summed E-state index contributed by atoms with van der Waals surface area (Å²) in [5.74, 6) is -1.18. The van der Waals surface area contributed by atoms with Crippen LogP contribution in [0.2, 0.25) is 10.0 Å². The third kappa shape index (κ3) is 8.74. The van der Waals surface area contributed by atoms with Crippen molar-refractivity contribution < 1.29 is 31.2 Å². The second-order valence-electron chi connectivity index (χ2n) is 11.4. The average molecular weight is 699 g/mol. The molecule has 1 fully saturated rings. The van der Waals surface area contributed by atoms with E-state index in [1.807, 2.05) is 0 Å². The van der Waals surface area contributed by atoms with E-state index in [0.29, 0.717) is 15.9 Å². The largest absolute Gasteiger partial charge is 0.416 e. The molecule has 4 rings (SSSR count). The molecule has 0 heterocycles. The maximum atomic E-state index is 14.3. The number of hydrogen-bond donors (Lipinski definition) is 1. The number of hydrogen-bond acceptors (Lipinski definition) is 4. The molecule has 0 aliphatic heterocycles. The minimum Gasteiger partial charge on any atom is -0.352 e. The molecule has 13 heteroatoms. The van der Waals surface area contributed by atoms with Gasteiger partial charge < -0.3 is 10.2 Å². The molecule has 0 saturated heterocycles. The number of aryl methyl sites for hydroxylation is 1. The quantitative estimate of drug-likeness (QED) is 0.222. The van der Waals surface area contributed by atoms with E-state index in [4.69, 9.17) is 23.2 Å². The summed E-state index contributed by atoms with van der Waals surface area (Å²) in [5.41, 5.74) is -0.132. The van der Waals surface area contributed by atoms with E-state index in [1.54, 1.807) is 44.2 Å². The Morgan fingerprint density at radius 1 is 0.957 bits per heavy atom. The Kier molecular flexibility index (Phi) is 11.7. The first-order valence-corrected chi connectivity index (χ1v) is 17.2. The monoisotopic (exact) mass is 697 g/mol. The summed E-state index contributed by atoms with van der Waals surface area (Å²) in [5, 5.41) is 3.55. The highest BCUT2D eigenvalue weighted by Gasteiger charge is 2.36. The van der Waals surface area contributed by atoms with Crippen LogP contribution >= 0.6 is 23.2 Å². The van der Waals surface area contributed by atoms with Gasteiger partial charge in [-0.15, -0.1) is 0 Å². The maximum Gasteiger partial charge on any atom is 0.416 e. The first-order valence-electron chi connectivity index (χ1n) is 15.0. The number of carbonyl (C=O) groups excluding carboxylic acids is 2. The van der Waals surface area contributed by atoms with Gasteiger partial charge in [0.15, 0.2) is 0 Å². The number of sulfonamides is 1. The first-order chi connectivity index (χ1) is 21.7. The minimum absolute atomic E-state index is 0.0549. The predicted octanol–water partition coefficient (Wildman–Crippen LogP) is 7.77. The van der Waals surface area contributed by atoms with Crippen molar-refractivity contribution in [2.24, 2.45) is 0 Å². The van der Waals surface area contributed by atoms with Gasteiger partial charge in [-0.2, -0.15) is 13.2 Å². The number of nitrogens with zero attached hydrogens (tertiary/aromatic N) is 2. The predicted molar refractivity (Wildman–Crippen MR) is 173 cm³/mol. The van der Waals surface area contributed by atoms with Crippen molar-refractivity contribution in [3.8, 4) is 0 Å². The lowest BCUT2D eigenvalue weighted by molar-refractivity contribution is -0.140. The van der Waals surface area contributed by atoms with Gasteiger partial charge in [-0.05, 0) is 74.2 Å². The number of nitrogens with one attached hydrogen (secondary N) is 1. The molecule has 0 bridgehead atoms. The third-order valence-corrected chi connectivity index (χ3v) is 10.6. The molecule has 1 saturated carbocycles. The standard InChI is InChI=1S/C33H36Cl2F3N3O4S/c1-3-30(32(43)39-25-9-5-4-6-10-25)40(20-23-14-17-28(34)29(35)18-23)31(42)21-41(26-11-7-8-24(19-26)33(36,37)38)46(44,45)27-15-12-22(2)13-16-27/h7-8,11-19,25,30H,3-6,9-10,20-21H2,1-2H3,(H,39,43). The van der Waals surface area contributed by atoms with Crippen molar-refractivity contribution in [2.75, 3.05) is 10.8 Å². The summed E-state index contributed by atoms with van der Waals surface area (Å²) in [7, 11) is -4.54. The number of halogens is 5. The molecule has 0 aromatic heterocycles. The van der Waals surface area contributed by atoms with Crippen LogP contribution in [0.1, 0.15) is 62.1 Å². The van der Waals surface area contributed by atoms with Gasteiger partial charge in [0.1, 0.15) is 12.6 Å². The normalized spacial score (nSPS) is 14.8. The van der Waals surface area contributed by atoms with Gasteiger partial charge >= 0.3 is 6.18 Å². The van der Waals surface area contributed by atoms with Crippen molar-refractivity contribution >= 4 is 50.7 Å². The van der Waals surface area contributed by atoms with E-state index >= 15 is 0 Å². The van der Waals surface area contributed by atoms with Gasteiger partial charge in [-0.25, -0.2) is 8.42 Å². The fraction of sp³-hybridized carbons (Fsp3) is 0.394. The van der Waals surface area contributed by atoms with E-state index < -0.39 is 46.2 Å². The molecule has 1 aliphatic rings. The smallest absolute Gasteiger partial charge is 0.352 e. The van der Waals surface area contributed by atoms with Crippen LogP contribution in [0.3, 0.4) is 0 Å². The summed E-state index contributed by atoms with van der Waals surface area (Å²) in [6.45, 7) is 2.49. The number of alkyl halides is 3. The Morgan fingerprint density at radius 2 is 1.63 bits per heavy atom. The van der Waals surface area contributed by atoms with E-state index in [9.17, 15) is 31.2 Å². The molecule has 248 valence electrons. The summed E-state index contributed by atoms with van der Waals surface area (Å²) in [6.07, 6.45) is 0.0605. The van der Waals surface area contributed by atoms with Gasteiger partial charge in [0.2, 0.25) is 11.8 Å². The zero-order valence-corrected chi connectivity index (χ0v) is 27.8. The lowest BCUT2D eigenvalue weighted by Crippen LogP contribution is -2.54. The highest BCUT2D eigenvalue weighted by molar-refractivity contribution is 7.92. The zero-order valence-electron chi connectivity index (χ0n) is 25.5. The molecule has 1 unspecified atom stereocenters. The Balaban J connectivity index is 1.76. The van der Waals surface area contributed by atoms with Crippen LogP contribution < -0.4 is 9.62 Å². The SMILES string of the molecule is CCC(C(=O)NC1CCCCC1)N(Cc1ccc(Cl)c(Cl)c1)C(=O)CN(c1cccc(C(F)(F)F)c1)S(=O)(=O)c1ccc(C)cc1. The minimum atomic E-state index is -4.76. The van der Waals surface area contributed by atoms with Crippen LogP contribution in [0.4, 0.5) is 18.9 Å². The van der Waals surface area contributed by atoms with Crippen LogP contribution in [0.25, 0.3) is 0 Å². The fourth-order valence-corrected chi connectivity index (χ4v) is 7.23. The van der Waals surface area contributed by atoms with Crippen LogP contribution in [-0.2, 0) is 32.3 Å². The molecule has 1 N–H and O–H groups in total. The van der Waals surface area contributed by atoms with Gasteiger partial charge in [-0.3, -0.25) is 13.9 Å². The number of rotatable bonds is 11. The van der Waals surface area contributed by atoms with Crippen molar-refractivity contribution in [2.45, 2.75) is 82.1 Å². The van der Waals surface area contributed by atoms with E-state index in [2.05, 4.69) is 5.32 Å². The number of carbonyl (C=O) groups is 2. The lowest BCUT2D eigenvalue weighted by atomic mass is 9.95. The van der Waals surface area contributed by atoms with Crippen molar-refractivity contribution in [3.63, 3.8) is 0 Å². The Hall–Kier alpha value is -3.28. The molecule has 7 nitrogen and oxygen atoms in total. The van der Waals surface area contributed by atoms with Gasteiger partial charge in [-0.1, -0.05) is 79.2 Å². The van der Waals surface area contributed by atoms with Gasteiger partial charge in [0.05, 0.1) is 26.2 Å². The first kappa shape index (κ1) is 35.6. The lowest BCUT2D eigenvalue weighted by Gasteiger charge is -2.34. The summed E-state index contributed by atoms with van der Waals surface area (Å²) in [6, 6.07) is 13.2. The molecule has 2 amide bonds. The molecular weight excluding hydrogens is 662 g/mol. The molecule has 3 aromatic carbocycles. The number of anilines is 1. The summed E-state index contributed by atoms with van der Waals surface area (Å²) in [4.78, 5) is 29.0. The average Bonchev–Trinajstić information content (AvgIpc) is 3.01. The molecule has 1 aliphatic carbocycles. The van der Waals surface area contributed by atoms with E-state index in [1.165, 1.54) is 23.1 Å². The Labute approximate surface area is 277 Å². The van der Waals surface area contributed by atoms with Crippen LogP contribution in [0.5, 0.6) is 0 Å². The van der Waals surface area contributed by atoms with Crippen molar-refractivity contribution in [3.05, 3.63) is 93.5 Å². The van der Waals surface area contributed by atoms with Gasteiger partial charge in [0.25, 0.3) is 10.0 Å². The van der Waals surface area contributed by atoms with Crippen LogP contribution in [0, 0.1) is 6.92 Å². The second-order valence-corrected chi connectivity index (χ2v) is 14.1. The topological polar surface area (TPSA) is 86.8 Å². The molecule has 0 radical (unpaired) electrons. The molecule has 1 atom stereocenters.